The average Bonchev–Trinajstić information content (AvgIpc) is 2.39. The van der Waals surface area contributed by atoms with Crippen molar-refractivity contribution in [1.29, 1.82) is 0 Å². The lowest BCUT2D eigenvalue weighted by Gasteiger charge is -2.40. The first-order chi connectivity index (χ1) is 9.09. The smallest absolute Gasteiger partial charge is 0.0700 e. The van der Waals surface area contributed by atoms with Crippen LogP contribution in [0.4, 0.5) is 0 Å². The van der Waals surface area contributed by atoms with Gasteiger partial charge in [-0.15, -0.1) is 0 Å². The van der Waals surface area contributed by atoms with Crippen molar-refractivity contribution in [2.45, 2.75) is 58.4 Å². The van der Waals surface area contributed by atoms with Crippen molar-refractivity contribution in [2.24, 2.45) is 0 Å². The number of morpholine rings is 2. The zero-order valence-electron chi connectivity index (χ0n) is 13.0. The Morgan fingerprint density at radius 3 is 1.63 bits per heavy atom. The first-order valence-corrected chi connectivity index (χ1v) is 7.81. The zero-order valence-corrected chi connectivity index (χ0v) is 13.0. The molecule has 19 heavy (non-hydrogen) atoms. The highest BCUT2D eigenvalue weighted by Gasteiger charge is 2.27. The van der Waals surface area contributed by atoms with E-state index in [1.165, 1.54) is 19.5 Å². The summed E-state index contributed by atoms with van der Waals surface area (Å²) in [6.07, 6.45) is 1.99. The van der Waals surface area contributed by atoms with Crippen LogP contribution in [0.15, 0.2) is 0 Å². The van der Waals surface area contributed by atoms with Gasteiger partial charge in [0.15, 0.2) is 0 Å². The summed E-state index contributed by atoms with van der Waals surface area (Å²) in [5.41, 5.74) is 0. The molecule has 0 bridgehead atoms. The molecule has 0 aliphatic carbocycles. The van der Waals surface area contributed by atoms with Gasteiger partial charge < -0.3 is 9.47 Å². The summed E-state index contributed by atoms with van der Waals surface area (Å²) in [5.74, 6) is 0. The summed E-state index contributed by atoms with van der Waals surface area (Å²) in [7, 11) is 0. The van der Waals surface area contributed by atoms with E-state index in [0.29, 0.717) is 24.3 Å². The number of hydrogen-bond acceptors (Lipinski definition) is 4. The molecule has 0 aromatic carbocycles. The molecule has 0 saturated carbocycles. The van der Waals surface area contributed by atoms with E-state index in [9.17, 15) is 0 Å². The minimum absolute atomic E-state index is 0.371. The lowest BCUT2D eigenvalue weighted by molar-refractivity contribution is -0.0654. The van der Waals surface area contributed by atoms with Crippen LogP contribution in [0.3, 0.4) is 0 Å². The highest BCUT2D eigenvalue weighted by atomic mass is 16.5. The van der Waals surface area contributed by atoms with Crippen molar-refractivity contribution in [1.82, 2.24) is 9.80 Å². The molecule has 0 aromatic heterocycles. The van der Waals surface area contributed by atoms with E-state index in [2.05, 4.69) is 37.5 Å². The third kappa shape index (κ3) is 3.91. The van der Waals surface area contributed by atoms with Gasteiger partial charge in [-0.25, -0.2) is 0 Å². The maximum Gasteiger partial charge on any atom is 0.0700 e. The molecule has 112 valence electrons. The Bertz CT molecular complexity index is 249. The fourth-order valence-electron chi connectivity index (χ4n) is 3.10. The summed E-state index contributed by atoms with van der Waals surface area (Å²) < 4.78 is 11.4. The zero-order chi connectivity index (χ0) is 13.8. The van der Waals surface area contributed by atoms with Gasteiger partial charge in [-0.3, -0.25) is 9.80 Å². The molecule has 0 spiro atoms. The monoisotopic (exact) mass is 270 g/mol. The fraction of sp³-hybridized carbons (Fsp3) is 1.00. The quantitative estimate of drug-likeness (QED) is 0.774. The third-order valence-corrected chi connectivity index (χ3v) is 4.92. The van der Waals surface area contributed by atoms with Crippen LogP contribution < -0.4 is 0 Å². The van der Waals surface area contributed by atoms with Crippen molar-refractivity contribution in [3.63, 3.8) is 0 Å². The summed E-state index contributed by atoms with van der Waals surface area (Å²) in [5, 5.41) is 0. The van der Waals surface area contributed by atoms with E-state index in [1.54, 1.807) is 0 Å². The first kappa shape index (κ1) is 15.2. The maximum atomic E-state index is 5.68. The Morgan fingerprint density at radius 1 is 0.789 bits per heavy atom. The van der Waals surface area contributed by atoms with Crippen LogP contribution in [0.25, 0.3) is 0 Å². The van der Waals surface area contributed by atoms with E-state index < -0.39 is 0 Å². The van der Waals surface area contributed by atoms with Gasteiger partial charge in [0.25, 0.3) is 0 Å². The van der Waals surface area contributed by atoms with Gasteiger partial charge in [0, 0.05) is 25.2 Å². The lowest BCUT2D eigenvalue weighted by Crippen LogP contribution is -2.51. The molecule has 0 radical (unpaired) electrons. The highest BCUT2D eigenvalue weighted by molar-refractivity contribution is 4.80. The Kier molecular flexibility index (Phi) is 5.63. The normalized spacial score (nSPS) is 38.5. The minimum atomic E-state index is 0.371. The van der Waals surface area contributed by atoms with Gasteiger partial charge in [0.05, 0.1) is 25.4 Å². The SMILES string of the molecule is CC1OCCN(CCCN2CCOC(C)C2C)C1C. The molecule has 2 rings (SSSR count). The predicted octanol–water partition coefficient (Wildman–Crippen LogP) is 1.59. The molecule has 0 amide bonds. The van der Waals surface area contributed by atoms with Crippen LogP contribution in [-0.4, -0.2) is 73.5 Å². The minimum Gasteiger partial charge on any atom is -0.376 e. The number of nitrogens with zero attached hydrogens (tertiary/aromatic N) is 2. The van der Waals surface area contributed by atoms with E-state index in [-0.39, 0.29) is 0 Å². The molecular weight excluding hydrogens is 240 g/mol. The van der Waals surface area contributed by atoms with Crippen LogP contribution in [0, 0.1) is 0 Å². The van der Waals surface area contributed by atoms with Gasteiger partial charge in [0.1, 0.15) is 0 Å². The summed E-state index contributed by atoms with van der Waals surface area (Å²) in [6, 6.07) is 1.10. The molecule has 2 aliphatic rings. The van der Waals surface area contributed by atoms with Crippen LogP contribution in [-0.2, 0) is 9.47 Å². The molecule has 4 heteroatoms. The van der Waals surface area contributed by atoms with Crippen LogP contribution in [0.1, 0.15) is 34.1 Å². The molecule has 4 nitrogen and oxygen atoms in total. The summed E-state index contributed by atoms with van der Waals surface area (Å²) in [4.78, 5) is 5.14. The Balaban J connectivity index is 1.71. The van der Waals surface area contributed by atoms with Crippen molar-refractivity contribution in [2.75, 3.05) is 39.4 Å². The third-order valence-electron chi connectivity index (χ3n) is 4.92. The van der Waals surface area contributed by atoms with Gasteiger partial charge in [-0.05, 0) is 47.2 Å². The fourth-order valence-corrected chi connectivity index (χ4v) is 3.10. The highest BCUT2D eigenvalue weighted by Crippen LogP contribution is 2.16. The maximum absolute atomic E-state index is 5.68. The largest absolute Gasteiger partial charge is 0.376 e. The molecule has 2 fully saturated rings. The Morgan fingerprint density at radius 2 is 1.21 bits per heavy atom. The van der Waals surface area contributed by atoms with Crippen LogP contribution >= 0.6 is 0 Å². The summed E-state index contributed by atoms with van der Waals surface area (Å²) in [6.45, 7) is 15.2. The topological polar surface area (TPSA) is 24.9 Å². The standard InChI is InChI=1S/C15H30N2O2/c1-12-14(3)18-10-8-16(12)6-5-7-17-9-11-19-15(4)13(17)2/h12-15H,5-11H2,1-4H3. The van der Waals surface area contributed by atoms with Gasteiger partial charge in [0.2, 0.25) is 0 Å². The van der Waals surface area contributed by atoms with Crippen LogP contribution in [0.2, 0.25) is 0 Å². The van der Waals surface area contributed by atoms with Crippen molar-refractivity contribution >= 4 is 0 Å². The number of rotatable bonds is 4. The second kappa shape index (κ2) is 7.02. The Hall–Kier alpha value is -0.160. The van der Waals surface area contributed by atoms with Crippen molar-refractivity contribution in [3.8, 4) is 0 Å². The predicted molar refractivity (Wildman–Crippen MR) is 77.5 cm³/mol. The van der Waals surface area contributed by atoms with Gasteiger partial charge in [-0.2, -0.15) is 0 Å². The molecule has 0 aromatic rings. The first-order valence-electron chi connectivity index (χ1n) is 7.81. The average molecular weight is 270 g/mol. The van der Waals surface area contributed by atoms with E-state index in [1.807, 2.05) is 0 Å². The molecular formula is C15H30N2O2. The van der Waals surface area contributed by atoms with E-state index in [0.717, 1.165) is 26.3 Å². The summed E-state index contributed by atoms with van der Waals surface area (Å²) >= 11 is 0. The Labute approximate surface area is 118 Å². The molecule has 4 unspecified atom stereocenters. The van der Waals surface area contributed by atoms with Gasteiger partial charge >= 0.3 is 0 Å². The molecule has 0 N–H and O–H groups in total. The molecule has 2 saturated heterocycles. The second-order valence-electron chi connectivity index (χ2n) is 6.06. The second-order valence-corrected chi connectivity index (χ2v) is 6.06. The lowest BCUT2D eigenvalue weighted by atomic mass is 10.1. The van der Waals surface area contributed by atoms with E-state index in [4.69, 9.17) is 9.47 Å². The molecule has 4 atom stereocenters. The number of hydrogen-bond donors (Lipinski definition) is 0. The van der Waals surface area contributed by atoms with Crippen molar-refractivity contribution in [3.05, 3.63) is 0 Å². The molecule has 2 aliphatic heterocycles. The van der Waals surface area contributed by atoms with Gasteiger partial charge in [-0.1, -0.05) is 0 Å². The van der Waals surface area contributed by atoms with Crippen molar-refractivity contribution < 1.29 is 9.47 Å². The molecule has 2 heterocycles. The van der Waals surface area contributed by atoms with E-state index >= 15 is 0 Å². The number of ether oxygens (including phenoxy) is 2. The van der Waals surface area contributed by atoms with Crippen LogP contribution in [0.5, 0.6) is 0 Å².